The van der Waals surface area contributed by atoms with Gasteiger partial charge in [0.05, 0.1) is 36.1 Å². The Balaban J connectivity index is 1.99. The molecule has 0 N–H and O–H groups in total. The second kappa shape index (κ2) is 10.2. The Kier molecular flexibility index (Phi) is 7.28. The van der Waals surface area contributed by atoms with Gasteiger partial charge in [-0.05, 0) is 62.7 Å². The van der Waals surface area contributed by atoms with E-state index in [1.54, 1.807) is 51.7 Å². The van der Waals surface area contributed by atoms with Crippen molar-refractivity contribution in [3.63, 3.8) is 0 Å². The highest BCUT2D eigenvalue weighted by Gasteiger charge is 2.35. The summed E-state index contributed by atoms with van der Waals surface area (Å²) in [5.41, 5.74) is 2.01. The van der Waals surface area contributed by atoms with E-state index in [9.17, 15) is 9.59 Å². The number of methoxy groups -OCH3 is 2. The second-order valence-corrected chi connectivity index (χ2v) is 10.1. The van der Waals surface area contributed by atoms with E-state index in [1.807, 2.05) is 36.4 Å². The quantitative estimate of drug-likeness (QED) is 0.429. The number of allylic oxidation sites excluding steroid dienone is 1. The largest absolute Gasteiger partial charge is 0.497 e. The molecule has 1 aliphatic heterocycles. The van der Waals surface area contributed by atoms with Crippen LogP contribution >= 0.6 is 27.3 Å². The van der Waals surface area contributed by atoms with Crippen LogP contribution in [0.4, 0.5) is 0 Å². The fraction of sp³-hybridized carbons (Fsp3) is 0.269. The monoisotopic (exact) mass is 556 g/mol. The molecule has 3 aromatic rings. The third-order valence-corrected chi connectivity index (χ3v) is 6.94. The van der Waals surface area contributed by atoms with Crippen molar-refractivity contribution in [3.05, 3.63) is 89.0 Å². The molecule has 2 aromatic carbocycles. The number of halogens is 1. The molecule has 0 saturated carbocycles. The first kappa shape index (κ1) is 24.9. The summed E-state index contributed by atoms with van der Waals surface area (Å²) in [6.45, 7) is 5.32. The van der Waals surface area contributed by atoms with Gasteiger partial charge >= 0.3 is 5.97 Å². The van der Waals surface area contributed by atoms with Crippen molar-refractivity contribution < 1.29 is 19.0 Å². The molecule has 1 aromatic heterocycles. The van der Waals surface area contributed by atoms with Crippen LogP contribution in [0.1, 0.15) is 37.9 Å². The summed E-state index contributed by atoms with van der Waals surface area (Å²) >= 11 is 4.78. The first-order valence-electron chi connectivity index (χ1n) is 10.9. The van der Waals surface area contributed by atoms with Gasteiger partial charge in [0.2, 0.25) is 0 Å². The maximum atomic E-state index is 13.8. The van der Waals surface area contributed by atoms with Gasteiger partial charge in [0, 0.05) is 10.0 Å². The molecule has 7 nitrogen and oxygen atoms in total. The zero-order valence-corrected chi connectivity index (χ0v) is 22.4. The van der Waals surface area contributed by atoms with Crippen LogP contribution in [-0.4, -0.2) is 30.9 Å². The van der Waals surface area contributed by atoms with Gasteiger partial charge in [0.25, 0.3) is 5.56 Å². The first-order valence-corrected chi connectivity index (χ1v) is 12.6. The summed E-state index contributed by atoms with van der Waals surface area (Å²) in [5.74, 6) is 0.721. The molecule has 0 spiro atoms. The predicted octanol–water partition coefficient (Wildman–Crippen LogP) is 3.97. The average Bonchev–Trinajstić information content (AvgIpc) is 3.12. The van der Waals surface area contributed by atoms with Crippen LogP contribution in [-0.2, 0) is 9.53 Å². The fourth-order valence-corrected chi connectivity index (χ4v) is 5.38. The molecule has 1 atom stereocenters. The molecule has 0 radical (unpaired) electrons. The number of carbonyl (C=O) groups is 1. The number of hydrogen-bond acceptors (Lipinski definition) is 7. The molecular weight excluding hydrogens is 532 g/mol. The van der Waals surface area contributed by atoms with Crippen molar-refractivity contribution in [1.29, 1.82) is 0 Å². The van der Waals surface area contributed by atoms with E-state index in [0.29, 0.717) is 37.7 Å². The third-order valence-electron chi connectivity index (χ3n) is 5.46. The summed E-state index contributed by atoms with van der Waals surface area (Å²) in [6, 6.07) is 12.2. The fourth-order valence-electron chi connectivity index (χ4n) is 3.96. The standard InChI is InChI=1S/C26H25BrN2O5S/c1-14(2)34-25(31)22-15(3)28-26-29(23(22)19-13-17(27)9-10-20(19)33-5)24(30)21(35-26)12-16-7-6-8-18(11-16)32-4/h6-14,23H,1-5H3/b21-12-/t23-/m1/s1. The van der Waals surface area contributed by atoms with E-state index in [0.717, 1.165) is 10.0 Å². The van der Waals surface area contributed by atoms with E-state index in [2.05, 4.69) is 20.9 Å². The Morgan fingerprint density at radius 3 is 2.63 bits per heavy atom. The van der Waals surface area contributed by atoms with E-state index >= 15 is 0 Å². The molecule has 35 heavy (non-hydrogen) atoms. The van der Waals surface area contributed by atoms with E-state index < -0.39 is 12.0 Å². The molecule has 9 heteroatoms. The van der Waals surface area contributed by atoms with E-state index in [-0.39, 0.29) is 11.7 Å². The molecule has 182 valence electrons. The number of hydrogen-bond donors (Lipinski definition) is 0. The van der Waals surface area contributed by atoms with Crippen LogP contribution in [0.2, 0.25) is 0 Å². The first-order chi connectivity index (χ1) is 16.7. The van der Waals surface area contributed by atoms with Crippen molar-refractivity contribution in [1.82, 2.24) is 4.57 Å². The van der Waals surface area contributed by atoms with Crippen molar-refractivity contribution in [2.45, 2.75) is 32.9 Å². The van der Waals surface area contributed by atoms with Gasteiger partial charge in [-0.2, -0.15) is 0 Å². The van der Waals surface area contributed by atoms with Crippen LogP contribution in [0.3, 0.4) is 0 Å². The Morgan fingerprint density at radius 1 is 1.17 bits per heavy atom. The highest BCUT2D eigenvalue weighted by Crippen LogP contribution is 2.37. The summed E-state index contributed by atoms with van der Waals surface area (Å²) < 4.78 is 19.3. The van der Waals surface area contributed by atoms with Crippen LogP contribution in [0.25, 0.3) is 6.08 Å². The highest BCUT2D eigenvalue weighted by atomic mass is 79.9. The zero-order chi connectivity index (χ0) is 25.3. The molecular formula is C26H25BrN2O5S. The smallest absolute Gasteiger partial charge is 0.338 e. The number of thiazole rings is 1. The number of aromatic nitrogens is 1. The average molecular weight is 557 g/mol. The minimum atomic E-state index is -0.766. The van der Waals surface area contributed by atoms with Crippen molar-refractivity contribution >= 4 is 39.3 Å². The van der Waals surface area contributed by atoms with Crippen LogP contribution < -0.4 is 24.4 Å². The van der Waals surface area contributed by atoms with E-state index in [1.165, 1.54) is 11.3 Å². The molecule has 0 fully saturated rings. The predicted molar refractivity (Wildman–Crippen MR) is 139 cm³/mol. The van der Waals surface area contributed by atoms with Crippen LogP contribution in [0.15, 0.2) is 68.0 Å². The van der Waals surface area contributed by atoms with Gasteiger partial charge in [-0.3, -0.25) is 9.36 Å². The second-order valence-electron chi connectivity index (χ2n) is 8.20. The third kappa shape index (κ3) is 4.97. The van der Waals surface area contributed by atoms with Gasteiger partial charge in [-0.15, -0.1) is 0 Å². The topological polar surface area (TPSA) is 79.1 Å². The molecule has 0 bridgehead atoms. The molecule has 0 aliphatic carbocycles. The van der Waals surface area contributed by atoms with Gasteiger partial charge in [-0.1, -0.05) is 39.4 Å². The summed E-state index contributed by atoms with van der Waals surface area (Å²) in [6.07, 6.45) is 1.47. The van der Waals surface area contributed by atoms with Crippen molar-refractivity contribution in [3.8, 4) is 11.5 Å². The lowest BCUT2D eigenvalue weighted by Crippen LogP contribution is -2.40. The Bertz CT molecular complexity index is 1500. The molecule has 0 saturated heterocycles. The number of fused-ring (bicyclic) bond motifs is 1. The van der Waals surface area contributed by atoms with Gasteiger partial charge in [-0.25, -0.2) is 9.79 Å². The molecule has 2 heterocycles. The number of ether oxygens (including phenoxy) is 3. The van der Waals surface area contributed by atoms with Crippen LogP contribution in [0, 0.1) is 0 Å². The highest BCUT2D eigenvalue weighted by molar-refractivity contribution is 9.10. The van der Waals surface area contributed by atoms with Gasteiger partial charge in [0.1, 0.15) is 17.5 Å². The van der Waals surface area contributed by atoms with Crippen molar-refractivity contribution in [2.75, 3.05) is 14.2 Å². The van der Waals surface area contributed by atoms with E-state index in [4.69, 9.17) is 14.2 Å². The minimum Gasteiger partial charge on any atom is -0.497 e. The molecule has 4 rings (SSSR count). The number of rotatable bonds is 6. The number of carbonyl (C=O) groups excluding carboxylic acids is 1. The van der Waals surface area contributed by atoms with Crippen LogP contribution in [0.5, 0.6) is 11.5 Å². The number of esters is 1. The summed E-state index contributed by atoms with van der Waals surface area (Å²) in [5, 5.41) is 0. The Labute approximate surface area is 215 Å². The van der Waals surface area contributed by atoms with Gasteiger partial charge < -0.3 is 14.2 Å². The maximum Gasteiger partial charge on any atom is 0.338 e. The van der Waals surface area contributed by atoms with Gasteiger partial charge in [0.15, 0.2) is 4.80 Å². The molecule has 0 unspecified atom stereocenters. The summed E-state index contributed by atoms with van der Waals surface area (Å²) in [4.78, 5) is 32.1. The zero-order valence-electron chi connectivity index (χ0n) is 20.0. The molecule has 1 aliphatic rings. The normalized spacial score (nSPS) is 15.6. The minimum absolute atomic E-state index is 0.258. The lowest BCUT2D eigenvalue weighted by Gasteiger charge is -2.26. The Morgan fingerprint density at radius 2 is 1.94 bits per heavy atom. The maximum absolute atomic E-state index is 13.8. The molecule has 0 amide bonds. The summed E-state index contributed by atoms with van der Waals surface area (Å²) in [7, 11) is 3.15. The lowest BCUT2D eigenvalue weighted by molar-refractivity contribution is -0.143. The SMILES string of the molecule is COc1cccc(/C=c2\sc3n(c2=O)[C@H](c2cc(Br)ccc2OC)C(C(=O)OC(C)C)=C(C)N=3)c1. The Hall–Kier alpha value is -3.17. The van der Waals surface area contributed by atoms with Crippen molar-refractivity contribution in [2.24, 2.45) is 4.99 Å². The lowest BCUT2D eigenvalue weighted by atomic mass is 9.95. The number of benzene rings is 2. The number of nitrogens with zero attached hydrogens (tertiary/aromatic N) is 2.